The smallest absolute Gasteiger partial charge is 0.257 e. The highest BCUT2D eigenvalue weighted by Crippen LogP contribution is 2.22. The SMILES string of the molecule is CNC(=O)COc1ccc(NC(=O)c2ccc(C(C)(C)C)cc2)cc1. The number of carbonyl (C=O) groups is 2. The third-order valence-corrected chi connectivity index (χ3v) is 3.77. The molecule has 132 valence electrons. The minimum atomic E-state index is -0.198. The second-order valence-corrected chi connectivity index (χ2v) is 6.77. The normalized spacial score (nSPS) is 10.9. The molecular weight excluding hydrogens is 316 g/mol. The first-order chi connectivity index (χ1) is 11.8. The van der Waals surface area contributed by atoms with Crippen molar-refractivity contribution in [1.29, 1.82) is 0 Å². The lowest BCUT2D eigenvalue weighted by Gasteiger charge is -2.19. The van der Waals surface area contributed by atoms with E-state index in [0.717, 1.165) is 0 Å². The Hall–Kier alpha value is -2.82. The number of rotatable bonds is 5. The number of amides is 2. The van der Waals surface area contributed by atoms with Gasteiger partial charge in [0.2, 0.25) is 0 Å². The van der Waals surface area contributed by atoms with Crippen molar-refractivity contribution in [3.8, 4) is 5.75 Å². The first kappa shape index (κ1) is 18.5. The van der Waals surface area contributed by atoms with E-state index in [9.17, 15) is 9.59 Å². The molecule has 0 fully saturated rings. The molecule has 0 heterocycles. The van der Waals surface area contributed by atoms with Crippen LogP contribution >= 0.6 is 0 Å². The molecule has 5 nitrogen and oxygen atoms in total. The van der Waals surface area contributed by atoms with Crippen LogP contribution in [0, 0.1) is 0 Å². The zero-order valence-corrected chi connectivity index (χ0v) is 15.1. The molecule has 0 bridgehead atoms. The maximum Gasteiger partial charge on any atom is 0.257 e. The summed E-state index contributed by atoms with van der Waals surface area (Å²) in [7, 11) is 1.55. The van der Waals surface area contributed by atoms with Crippen LogP contribution in [0.5, 0.6) is 5.75 Å². The molecule has 0 saturated heterocycles. The number of nitrogens with one attached hydrogen (secondary N) is 2. The summed E-state index contributed by atoms with van der Waals surface area (Å²) in [5.74, 6) is 0.201. The van der Waals surface area contributed by atoms with Crippen molar-refractivity contribution in [2.45, 2.75) is 26.2 Å². The lowest BCUT2D eigenvalue weighted by molar-refractivity contribution is -0.122. The first-order valence-corrected chi connectivity index (χ1v) is 8.15. The van der Waals surface area contributed by atoms with E-state index >= 15 is 0 Å². The van der Waals surface area contributed by atoms with E-state index in [-0.39, 0.29) is 23.8 Å². The minimum Gasteiger partial charge on any atom is -0.484 e. The number of hydrogen-bond acceptors (Lipinski definition) is 3. The summed E-state index contributed by atoms with van der Waals surface area (Å²) in [5.41, 5.74) is 2.51. The number of anilines is 1. The molecule has 0 radical (unpaired) electrons. The molecule has 0 saturated carbocycles. The van der Waals surface area contributed by atoms with Gasteiger partial charge in [0.25, 0.3) is 11.8 Å². The highest BCUT2D eigenvalue weighted by Gasteiger charge is 2.14. The maximum atomic E-state index is 12.3. The van der Waals surface area contributed by atoms with Crippen molar-refractivity contribution < 1.29 is 14.3 Å². The van der Waals surface area contributed by atoms with Crippen LogP contribution in [0.2, 0.25) is 0 Å². The molecule has 2 aromatic rings. The maximum absolute atomic E-state index is 12.3. The predicted molar refractivity (Wildman–Crippen MR) is 99.1 cm³/mol. The van der Waals surface area contributed by atoms with Gasteiger partial charge in [-0.1, -0.05) is 32.9 Å². The van der Waals surface area contributed by atoms with Crippen molar-refractivity contribution in [1.82, 2.24) is 5.32 Å². The van der Waals surface area contributed by atoms with Gasteiger partial charge >= 0.3 is 0 Å². The lowest BCUT2D eigenvalue weighted by Crippen LogP contribution is -2.24. The Bertz CT molecular complexity index is 729. The van der Waals surface area contributed by atoms with E-state index in [2.05, 4.69) is 31.4 Å². The summed E-state index contributed by atoms with van der Waals surface area (Å²) in [4.78, 5) is 23.5. The van der Waals surface area contributed by atoms with Gasteiger partial charge in [0, 0.05) is 18.3 Å². The summed E-state index contributed by atoms with van der Waals surface area (Å²) in [6.45, 7) is 6.36. The zero-order valence-electron chi connectivity index (χ0n) is 15.1. The molecule has 2 N–H and O–H groups in total. The van der Waals surface area contributed by atoms with Crippen LogP contribution in [-0.4, -0.2) is 25.5 Å². The summed E-state index contributed by atoms with van der Waals surface area (Å²) in [5, 5.41) is 5.33. The fraction of sp³-hybridized carbons (Fsp3) is 0.300. The third-order valence-electron chi connectivity index (χ3n) is 3.77. The molecule has 0 aliphatic heterocycles. The van der Waals surface area contributed by atoms with Crippen LogP contribution in [0.15, 0.2) is 48.5 Å². The van der Waals surface area contributed by atoms with E-state index in [0.29, 0.717) is 17.0 Å². The molecule has 0 spiro atoms. The molecule has 0 aromatic heterocycles. The second-order valence-electron chi connectivity index (χ2n) is 6.77. The van der Waals surface area contributed by atoms with E-state index in [4.69, 9.17) is 4.74 Å². The van der Waals surface area contributed by atoms with Gasteiger partial charge in [-0.2, -0.15) is 0 Å². The number of ether oxygens (including phenoxy) is 1. The molecule has 0 aliphatic carbocycles. The van der Waals surface area contributed by atoms with Crippen molar-refractivity contribution in [2.24, 2.45) is 0 Å². The van der Waals surface area contributed by atoms with E-state index in [1.54, 1.807) is 31.3 Å². The molecule has 2 rings (SSSR count). The fourth-order valence-corrected chi connectivity index (χ4v) is 2.18. The van der Waals surface area contributed by atoms with Crippen molar-refractivity contribution in [2.75, 3.05) is 19.0 Å². The first-order valence-electron chi connectivity index (χ1n) is 8.15. The van der Waals surface area contributed by atoms with Crippen LogP contribution in [-0.2, 0) is 10.2 Å². The standard InChI is InChI=1S/C20H24N2O3/c1-20(2,3)15-7-5-14(6-8-15)19(24)22-16-9-11-17(12-10-16)25-13-18(23)21-4/h5-12H,13H2,1-4H3,(H,21,23)(H,22,24). The van der Waals surface area contributed by atoms with Crippen LogP contribution in [0.1, 0.15) is 36.7 Å². The number of carbonyl (C=O) groups excluding carboxylic acids is 2. The average molecular weight is 340 g/mol. The monoisotopic (exact) mass is 340 g/mol. The number of hydrogen-bond donors (Lipinski definition) is 2. The Morgan fingerprint density at radius 1 is 0.960 bits per heavy atom. The van der Waals surface area contributed by atoms with Crippen molar-refractivity contribution in [3.05, 3.63) is 59.7 Å². The molecule has 0 atom stereocenters. The Kier molecular flexibility index (Phi) is 5.80. The molecule has 5 heteroatoms. The summed E-state index contributed by atoms with van der Waals surface area (Å²) in [6, 6.07) is 14.5. The number of benzene rings is 2. The highest BCUT2D eigenvalue weighted by atomic mass is 16.5. The minimum absolute atomic E-state index is 0.0394. The Morgan fingerprint density at radius 3 is 2.08 bits per heavy atom. The van der Waals surface area contributed by atoms with Gasteiger partial charge in [0.05, 0.1) is 0 Å². The van der Waals surface area contributed by atoms with Gasteiger partial charge in [-0.3, -0.25) is 9.59 Å². The van der Waals surface area contributed by atoms with Gasteiger partial charge in [0.1, 0.15) is 5.75 Å². The van der Waals surface area contributed by atoms with E-state index in [1.807, 2.05) is 24.3 Å². The Balaban J connectivity index is 1.97. The number of likely N-dealkylation sites (N-methyl/N-ethyl adjacent to an activating group) is 1. The van der Waals surface area contributed by atoms with Crippen molar-refractivity contribution >= 4 is 17.5 Å². The summed E-state index contributed by atoms with van der Waals surface area (Å²) < 4.78 is 5.32. The largest absolute Gasteiger partial charge is 0.484 e. The van der Waals surface area contributed by atoms with E-state index in [1.165, 1.54) is 5.56 Å². The van der Waals surface area contributed by atoms with E-state index < -0.39 is 0 Å². The third kappa shape index (κ3) is 5.35. The van der Waals surface area contributed by atoms with Crippen molar-refractivity contribution in [3.63, 3.8) is 0 Å². The predicted octanol–water partition coefficient (Wildman–Crippen LogP) is 3.36. The molecule has 0 unspecified atom stereocenters. The quantitative estimate of drug-likeness (QED) is 0.877. The molecule has 2 aromatic carbocycles. The molecule has 25 heavy (non-hydrogen) atoms. The average Bonchev–Trinajstić information content (AvgIpc) is 2.60. The fourth-order valence-electron chi connectivity index (χ4n) is 2.18. The van der Waals surface area contributed by atoms with Gasteiger partial charge in [0.15, 0.2) is 6.61 Å². The summed E-state index contributed by atoms with van der Waals surface area (Å²) in [6.07, 6.45) is 0. The van der Waals surface area contributed by atoms with Gasteiger partial charge in [-0.15, -0.1) is 0 Å². The highest BCUT2D eigenvalue weighted by molar-refractivity contribution is 6.04. The van der Waals surface area contributed by atoms with Crippen LogP contribution in [0.3, 0.4) is 0 Å². The molecule has 2 amide bonds. The van der Waals surface area contributed by atoms with Crippen LogP contribution < -0.4 is 15.4 Å². The zero-order chi connectivity index (χ0) is 18.4. The van der Waals surface area contributed by atoms with Gasteiger partial charge in [-0.05, 0) is 47.4 Å². The second kappa shape index (κ2) is 7.83. The Morgan fingerprint density at radius 2 is 1.56 bits per heavy atom. The molecular formula is C20H24N2O3. The Labute approximate surface area is 148 Å². The van der Waals surface area contributed by atoms with Crippen LogP contribution in [0.25, 0.3) is 0 Å². The van der Waals surface area contributed by atoms with Crippen LogP contribution in [0.4, 0.5) is 5.69 Å². The lowest BCUT2D eigenvalue weighted by atomic mass is 9.87. The summed E-state index contributed by atoms with van der Waals surface area (Å²) >= 11 is 0. The topological polar surface area (TPSA) is 67.4 Å². The van der Waals surface area contributed by atoms with Gasteiger partial charge in [-0.25, -0.2) is 0 Å². The molecule has 0 aliphatic rings. The van der Waals surface area contributed by atoms with Gasteiger partial charge < -0.3 is 15.4 Å².